The van der Waals surface area contributed by atoms with Gasteiger partial charge in [0.25, 0.3) is 0 Å². The van der Waals surface area contributed by atoms with Crippen molar-refractivity contribution >= 4 is 6.03 Å². The molecule has 0 aromatic heterocycles. The van der Waals surface area contributed by atoms with Gasteiger partial charge in [0, 0.05) is 12.1 Å². The first-order valence-corrected chi connectivity index (χ1v) is 3.71. The molecule has 0 saturated carbocycles. The van der Waals surface area contributed by atoms with Gasteiger partial charge in [0.15, 0.2) is 0 Å². The van der Waals surface area contributed by atoms with Crippen molar-refractivity contribution in [2.75, 3.05) is 6.54 Å². The van der Waals surface area contributed by atoms with Gasteiger partial charge in [-0.2, -0.15) is 0 Å². The number of hydrogen-bond acceptors (Lipinski definition) is 2. The number of nitrogens with two attached hydrogens (primary N) is 1. The number of carbonyl (C=O) groups excluding carboxylic acids is 1. The first-order chi connectivity index (χ1) is 4.93. The molecule has 0 spiro atoms. The minimum Gasteiger partial charge on any atom is -0.319 e. The standard InChI is InChI=1S/C7H17N3O/c1-5-10(6(11)9-8)7(2,3)4/h5,8H2,1-4H3,(H,9,11). The number of rotatable bonds is 1. The van der Waals surface area contributed by atoms with Gasteiger partial charge in [0.05, 0.1) is 0 Å². The molecule has 0 aliphatic heterocycles. The molecule has 0 heterocycles. The fourth-order valence-electron chi connectivity index (χ4n) is 1.00. The van der Waals surface area contributed by atoms with E-state index in [0.717, 1.165) is 0 Å². The first-order valence-electron chi connectivity index (χ1n) is 3.71. The molecule has 0 saturated heterocycles. The van der Waals surface area contributed by atoms with Gasteiger partial charge >= 0.3 is 6.03 Å². The lowest BCUT2D eigenvalue weighted by molar-refractivity contribution is 0.150. The summed E-state index contributed by atoms with van der Waals surface area (Å²) in [4.78, 5) is 12.7. The Hall–Kier alpha value is -0.770. The summed E-state index contributed by atoms with van der Waals surface area (Å²) in [5, 5.41) is 0. The largest absolute Gasteiger partial charge is 0.331 e. The van der Waals surface area contributed by atoms with Crippen molar-refractivity contribution in [3.8, 4) is 0 Å². The summed E-state index contributed by atoms with van der Waals surface area (Å²) in [6.45, 7) is 8.47. The molecule has 0 aliphatic rings. The van der Waals surface area contributed by atoms with Gasteiger partial charge in [-0.25, -0.2) is 10.6 Å². The van der Waals surface area contributed by atoms with E-state index in [-0.39, 0.29) is 11.6 Å². The summed E-state index contributed by atoms with van der Waals surface area (Å²) in [5.41, 5.74) is 1.94. The summed E-state index contributed by atoms with van der Waals surface area (Å²) in [6, 6.07) is -0.236. The third-order valence-electron chi connectivity index (χ3n) is 1.49. The summed E-state index contributed by atoms with van der Waals surface area (Å²) < 4.78 is 0. The minimum atomic E-state index is -0.236. The smallest absolute Gasteiger partial charge is 0.319 e. The topological polar surface area (TPSA) is 58.4 Å². The monoisotopic (exact) mass is 159 g/mol. The van der Waals surface area contributed by atoms with E-state index in [4.69, 9.17) is 5.84 Å². The lowest BCUT2D eigenvalue weighted by Crippen LogP contribution is -2.52. The second-order valence-corrected chi connectivity index (χ2v) is 3.36. The normalized spacial score (nSPS) is 11.0. The molecule has 0 unspecified atom stereocenters. The molecule has 4 nitrogen and oxygen atoms in total. The Kier molecular flexibility index (Phi) is 3.32. The van der Waals surface area contributed by atoms with Crippen molar-refractivity contribution in [1.82, 2.24) is 10.3 Å². The van der Waals surface area contributed by atoms with Crippen LogP contribution in [0.25, 0.3) is 0 Å². The van der Waals surface area contributed by atoms with Crippen LogP contribution in [0.2, 0.25) is 0 Å². The van der Waals surface area contributed by atoms with Crippen molar-refractivity contribution in [1.29, 1.82) is 0 Å². The first kappa shape index (κ1) is 10.2. The molecule has 0 fully saturated rings. The van der Waals surface area contributed by atoms with Crippen LogP contribution in [-0.2, 0) is 0 Å². The van der Waals surface area contributed by atoms with Crippen LogP contribution in [0.5, 0.6) is 0 Å². The van der Waals surface area contributed by atoms with Gasteiger partial charge < -0.3 is 4.90 Å². The van der Waals surface area contributed by atoms with Gasteiger partial charge in [-0.1, -0.05) is 0 Å². The maximum absolute atomic E-state index is 11.1. The molecule has 0 aromatic rings. The molecule has 2 amide bonds. The Morgan fingerprint density at radius 1 is 1.55 bits per heavy atom. The third-order valence-corrected chi connectivity index (χ3v) is 1.49. The molecule has 0 aromatic carbocycles. The maximum atomic E-state index is 11.1. The molecule has 11 heavy (non-hydrogen) atoms. The highest BCUT2D eigenvalue weighted by atomic mass is 16.2. The number of amides is 2. The lowest BCUT2D eigenvalue weighted by Gasteiger charge is -2.33. The van der Waals surface area contributed by atoms with Gasteiger partial charge in [-0.3, -0.25) is 5.43 Å². The zero-order valence-electron chi connectivity index (χ0n) is 7.64. The number of nitrogens with one attached hydrogen (secondary N) is 1. The minimum absolute atomic E-state index is 0.168. The highest BCUT2D eigenvalue weighted by molar-refractivity contribution is 5.74. The van der Waals surface area contributed by atoms with Crippen molar-refractivity contribution in [3.63, 3.8) is 0 Å². The quantitative estimate of drug-likeness (QED) is 0.336. The van der Waals surface area contributed by atoms with E-state index in [1.165, 1.54) is 0 Å². The van der Waals surface area contributed by atoms with Gasteiger partial charge in [0.2, 0.25) is 0 Å². The zero-order valence-corrected chi connectivity index (χ0v) is 7.64. The Bertz CT molecular complexity index is 139. The fourth-order valence-corrected chi connectivity index (χ4v) is 1.00. The van der Waals surface area contributed by atoms with E-state index in [2.05, 4.69) is 5.43 Å². The predicted molar refractivity (Wildman–Crippen MR) is 44.9 cm³/mol. The summed E-state index contributed by atoms with van der Waals surface area (Å²) in [6.07, 6.45) is 0. The van der Waals surface area contributed by atoms with Crippen molar-refractivity contribution in [2.24, 2.45) is 5.84 Å². The third kappa shape index (κ3) is 2.76. The number of urea groups is 1. The van der Waals surface area contributed by atoms with E-state index in [0.29, 0.717) is 6.54 Å². The number of nitrogens with zero attached hydrogens (tertiary/aromatic N) is 1. The Morgan fingerprint density at radius 2 is 2.00 bits per heavy atom. The van der Waals surface area contributed by atoms with Crippen LogP contribution in [0.3, 0.4) is 0 Å². The van der Waals surface area contributed by atoms with E-state index >= 15 is 0 Å². The fraction of sp³-hybridized carbons (Fsp3) is 0.857. The molecule has 66 valence electrons. The molecule has 0 radical (unpaired) electrons. The molecule has 0 aliphatic carbocycles. The van der Waals surface area contributed by atoms with Crippen molar-refractivity contribution in [2.45, 2.75) is 33.2 Å². The van der Waals surface area contributed by atoms with Crippen LogP contribution in [0.15, 0.2) is 0 Å². The molecule has 3 N–H and O–H groups in total. The number of hydrazine groups is 1. The van der Waals surface area contributed by atoms with Crippen LogP contribution in [0.4, 0.5) is 4.79 Å². The Labute approximate surface area is 67.7 Å². The second-order valence-electron chi connectivity index (χ2n) is 3.36. The van der Waals surface area contributed by atoms with E-state index < -0.39 is 0 Å². The van der Waals surface area contributed by atoms with Crippen LogP contribution in [0.1, 0.15) is 27.7 Å². The van der Waals surface area contributed by atoms with E-state index in [1.807, 2.05) is 27.7 Å². The average molecular weight is 159 g/mol. The van der Waals surface area contributed by atoms with Crippen molar-refractivity contribution in [3.05, 3.63) is 0 Å². The molecule has 0 bridgehead atoms. The van der Waals surface area contributed by atoms with Crippen LogP contribution < -0.4 is 11.3 Å². The lowest BCUT2D eigenvalue weighted by atomic mass is 10.1. The second kappa shape index (κ2) is 3.57. The van der Waals surface area contributed by atoms with Crippen LogP contribution in [0, 0.1) is 0 Å². The summed E-state index contributed by atoms with van der Waals surface area (Å²) >= 11 is 0. The molecule has 0 atom stereocenters. The maximum Gasteiger partial charge on any atom is 0.331 e. The number of carbonyl (C=O) groups is 1. The zero-order chi connectivity index (χ0) is 9.07. The van der Waals surface area contributed by atoms with Crippen LogP contribution in [-0.4, -0.2) is 23.0 Å². The van der Waals surface area contributed by atoms with E-state index in [1.54, 1.807) is 4.90 Å². The Balaban J connectivity index is 4.29. The molecule has 0 rings (SSSR count). The highest BCUT2D eigenvalue weighted by Gasteiger charge is 2.23. The van der Waals surface area contributed by atoms with Crippen molar-refractivity contribution < 1.29 is 4.79 Å². The Morgan fingerprint density at radius 3 is 2.09 bits per heavy atom. The van der Waals surface area contributed by atoms with Gasteiger partial charge in [-0.05, 0) is 27.7 Å². The SMILES string of the molecule is CCN(C(=O)NN)C(C)(C)C. The van der Waals surface area contributed by atoms with Gasteiger partial charge in [-0.15, -0.1) is 0 Å². The van der Waals surface area contributed by atoms with Gasteiger partial charge in [0.1, 0.15) is 0 Å². The molecular formula is C7H17N3O. The molecular weight excluding hydrogens is 142 g/mol. The predicted octanol–water partition coefficient (Wildman–Crippen LogP) is 0.690. The van der Waals surface area contributed by atoms with E-state index in [9.17, 15) is 4.79 Å². The summed E-state index contributed by atoms with van der Waals surface area (Å²) in [7, 11) is 0. The molecule has 4 heteroatoms. The highest BCUT2D eigenvalue weighted by Crippen LogP contribution is 2.11. The van der Waals surface area contributed by atoms with Crippen LogP contribution >= 0.6 is 0 Å². The number of hydrogen-bond donors (Lipinski definition) is 2. The average Bonchev–Trinajstić information content (AvgIpc) is 1.86. The summed E-state index contributed by atoms with van der Waals surface area (Å²) in [5.74, 6) is 5.00.